The number of rotatable bonds is 7. The Balaban J connectivity index is 0.00000242. The van der Waals surface area contributed by atoms with Gasteiger partial charge in [-0.15, -0.1) is 12.4 Å². The van der Waals surface area contributed by atoms with Crippen LogP contribution in [0.4, 0.5) is 0 Å². The van der Waals surface area contributed by atoms with E-state index in [9.17, 15) is 0 Å². The molecule has 1 atom stereocenters. The summed E-state index contributed by atoms with van der Waals surface area (Å²) in [7, 11) is 2.04. The molecule has 1 fully saturated rings. The zero-order chi connectivity index (χ0) is 15.2. The summed E-state index contributed by atoms with van der Waals surface area (Å²) < 4.78 is 5.92. The van der Waals surface area contributed by atoms with Gasteiger partial charge in [0.1, 0.15) is 12.4 Å². The molecule has 4 heteroatoms. The standard InChI is InChI=1S/C18H30N2O.ClH/c1-14(2)18-6-5-17(11-15(18)3)21-10-9-20-8-7-16(13-20)12-19-4;/h5-6,11,14,16,19H,7-10,12-13H2,1-4H3;1H. The minimum Gasteiger partial charge on any atom is -0.492 e. The van der Waals surface area contributed by atoms with Crippen LogP contribution in [0.1, 0.15) is 37.3 Å². The van der Waals surface area contributed by atoms with Gasteiger partial charge in [-0.05, 0) is 68.6 Å². The summed E-state index contributed by atoms with van der Waals surface area (Å²) in [5, 5.41) is 3.27. The van der Waals surface area contributed by atoms with E-state index in [0.29, 0.717) is 5.92 Å². The average molecular weight is 327 g/mol. The molecule has 0 bridgehead atoms. The lowest BCUT2D eigenvalue weighted by Crippen LogP contribution is -2.28. The van der Waals surface area contributed by atoms with Crippen LogP contribution in [0.5, 0.6) is 5.75 Å². The topological polar surface area (TPSA) is 24.5 Å². The number of nitrogens with zero attached hydrogens (tertiary/aromatic N) is 1. The van der Waals surface area contributed by atoms with E-state index in [1.165, 1.54) is 30.6 Å². The zero-order valence-electron chi connectivity index (χ0n) is 14.4. The van der Waals surface area contributed by atoms with Crippen LogP contribution in [-0.2, 0) is 0 Å². The number of halogens is 1. The summed E-state index contributed by atoms with van der Waals surface area (Å²) in [6.07, 6.45) is 1.31. The van der Waals surface area contributed by atoms with Crippen LogP contribution >= 0.6 is 12.4 Å². The maximum atomic E-state index is 5.92. The molecule has 22 heavy (non-hydrogen) atoms. The van der Waals surface area contributed by atoms with Crippen LogP contribution in [0.15, 0.2) is 18.2 Å². The maximum absolute atomic E-state index is 5.92. The van der Waals surface area contributed by atoms with Gasteiger partial charge in [0.2, 0.25) is 0 Å². The van der Waals surface area contributed by atoms with E-state index in [-0.39, 0.29) is 12.4 Å². The first kappa shape index (κ1) is 19.3. The summed E-state index contributed by atoms with van der Waals surface area (Å²) in [6.45, 7) is 12.0. The van der Waals surface area contributed by atoms with Gasteiger partial charge < -0.3 is 10.1 Å². The lowest BCUT2D eigenvalue weighted by molar-refractivity contribution is 0.232. The van der Waals surface area contributed by atoms with Gasteiger partial charge >= 0.3 is 0 Å². The van der Waals surface area contributed by atoms with E-state index in [1.54, 1.807) is 0 Å². The van der Waals surface area contributed by atoms with E-state index in [2.05, 4.69) is 49.2 Å². The molecule has 1 aliphatic rings. The lowest BCUT2D eigenvalue weighted by Gasteiger charge is -2.17. The number of aryl methyl sites for hydroxylation is 1. The second kappa shape index (κ2) is 9.39. The molecule has 126 valence electrons. The van der Waals surface area contributed by atoms with Gasteiger partial charge in [0, 0.05) is 13.1 Å². The molecule has 0 saturated carbocycles. The van der Waals surface area contributed by atoms with E-state index in [0.717, 1.165) is 31.4 Å². The molecule has 1 saturated heterocycles. The summed E-state index contributed by atoms with van der Waals surface area (Å²) in [4.78, 5) is 2.51. The highest BCUT2D eigenvalue weighted by molar-refractivity contribution is 5.85. The quantitative estimate of drug-likeness (QED) is 0.830. The Morgan fingerprint density at radius 3 is 2.77 bits per heavy atom. The number of hydrogen-bond acceptors (Lipinski definition) is 3. The third-order valence-corrected chi connectivity index (χ3v) is 4.40. The fraction of sp³-hybridized carbons (Fsp3) is 0.667. The molecule has 3 nitrogen and oxygen atoms in total. The van der Waals surface area contributed by atoms with Crippen molar-refractivity contribution in [2.45, 2.75) is 33.1 Å². The van der Waals surface area contributed by atoms with Gasteiger partial charge in [0.05, 0.1) is 0 Å². The van der Waals surface area contributed by atoms with Crippen LogP contribution in [0, 0.1) is 12.8 Å². The Hall–Kier alpha value is -0.770. The van der Waals surface area contributed by atoms with Crippen molar-refractivity contribution >= 4 is 12.4 Å². The second-order valence-electron chi connectivity index (χ2n) is 6.53. The maximum Gasteiger partial charge on any atom is 0.119 e. The molecular formula is C18H31ClN2O. The monoisotopic (exact) mass is 326 g/mol. The Kier molecular flexibility index (Phi) is 8.23. The van der Waals surface area contributed by atoms with E-state index < -0.39 is 0 Å². The van der Waals surface area contributed by atoms with E-state index in [1.807, 2.05) is 7.05 Å². The van der Waals surface area contributed by atoms with Gasteiger partial charge in [-0.2, -0.15) is 0 Å². The molecule has 1 aromatic carbocycles. The third-order valence-electron chi connectivity index (χ3n) is 4.40. The normalized spacial score (nSPS) is 18.5. The molecule has 1 heterocycles. The molecule has 0 aliphatic carbocycles. The van der Waals surface area contributed by atoms with Crippen molar-refractivity contribution in [1.82, 2.24) is 10.2 Å². The van der Waals surface area contributed by atoms with Gasteiger partial charge in [0.15, 0.2) is 0 Å². The van der Waals surface area contributed by atoms with Crippen molar-refractivity contribution in [2.75, 3.05) is 39.8 Å². The molecule has 2 rings (SSSR count). The van der Waals surface area contributed by atoms with Crippen LogP contribution in [0.3, 0.4) is 0 Å². The number of ether oxygens (including phenoxy) is 1. The minimum absolute atomic E-state index is 0. The smallest absolute Gasteiger partial charge is 0.119 e. The van der Waals surface area contributed by atoms with Gasteiger partial charge in [-0.1, -0.05) is 19.9 Å². The summed E-state index contributed by atoms with van der Waals surface area (Å²) >= 11 is 0. The molecule has 1 aromatic rings. The molecule has 0 spiro atoms. The molecular weight excluding hydrogens is 296 g/mol. The van der Waals surface area contributed by atoms with Gasteiger partial charge in [0.25, 0.3) is 0 Å². The predicted molar refractivity (Wildman–Crippen MR) is 96.5 cm³/mol. The first-order valence-corrected chi connectivity index (χ1v) is 8.20. The molecule has 0 amide bonds. The highest BCUT2D eigenvalue weighted by Gasteiger charge is 2.21. The van der Waals surface area contributed by atoms with Crippen molar-refractivity contribution in [1.29, 1.82) is 0 Å². The minimum atomic E-state index is 0. The predicted octanol–water partition coefficient (Wildman–Crippen LogP) is 3.46. The molecule has 1 N–H and O–H groups in total. The fourth-order valence-corrected chi connectivity index (χ4v) is 3.25. The third kappa shape index (κ3) is 5.45. The Morgan fingerprint density at radius 1 is 1.36 bits per heavy atom. The van der Waals surface area contributed by atoms with Crippen molar-refractivity contribution in [3.8, 4) is 5.75 Å². The SMILES string of the molecule is CNCC1CCN(CCOc2ccc(C(C)C)c(C)c2)C1.Cl. The van der Waals surface area contributed by atoms with Gasteiger partial charge in [-0.3, -0.25) is 4.90 Å². The van der Waals surface area contributed by atoms with Crippen molar-refractivity contribution in [2.24, 2.45) is 5.92 Å². The van der Waals surface area contributed by atoms with Crippen LogP contribution < -0.4 is 10.1 Å². The average Bonchev–Trinajstić information content (AvgIpc) is 2.86. The second-order valence-corrected chi connectivity index (χ2v) is 6.53. The molecule has 0 aromatic heterocycles. The Morgan fingerprint density at radius 2 is 2.14 bits per heavy atom. The largest absolute Gasteiger partial charge is 0.492 e. The lowest BCUT2D eigenvalue weighted by atomic mass is 9.98. The first-order chi connectivity index (χ1) is 10.1. The number of benzene rings is 1. The van der Waals surface area contributed by atoms with Crippen LogP contribution in [0.25, 0.3) is 0 Å². The molecule has 0 radical (unpaired) electrons. The highest BCUT2D eigenvalue weighted by Crippen LogP contribution is 2.23. The first-order valence-electron chi connectivity index (χ1n) is 8.20. The zero-order valence-corrected chi connectivity index (χ0v) is 15.2. The summed E-state index contributed by atoms with van der Waals surface area (Å²) in [5.41, 5.74) is 2.74. The number of nitrogens with one attached hydrogen (secondary N) is 1. The van der Waals surface area contributed by atoms with Crippen molar-refractivity contribution in [3.05, 3.63) is 29.3 Å². The summed E-state index contributed by atoms with van der Waals surface area (Å²) in [6, 6.07) is 6.48. The Bertz CT molecular complexity index is 451. The van der Waals surface area contributed by atoms with E-state index in [4.69, 9.17) is 4.74 Å². The number of likely N-dealkylation sites (tertiary alicyclic amines) is 1. The summed E-state index contributed by atoms with van der Waals surface area (Å²) in [5.74, 6) is 2.39. The fourth-order valence-electron chi connectivity index (χ4n) is 3.25. The molecule has 1 unspecified atom stereocenters. The highest BCUT2D eigenvalue weighted by atomic mass is 35.5. The van der Waals surface area contributed by atoms with Gasteiger partial charge in [-0.25, -0.2) is 0 Å². The van der Waals surface area contributed by atoms with Crippen LogP contribution in [-0.4, -0.2) is 44.7 Å². The Labute approximate surface area is 141 Å². The van der Waals surface area contributed by atoms with Crippen molar-refractivity contribution in [3.63, 3.8) is 0 Å². The number of hydrogen-bond donors (Lipinski definition) is 1. The molecule has 1 aliphatic heterocycles. The van der Waals surface area contributed by atoms with Crippen LogP contribution in [0.2, 0.25) is 0 Å². The van der Waals surface area contributed by atoms with Crippen molar-refractivity contribution < 1.29 is 4.74 Å². The van der Waals surface area contributed by atoms with E-state index >= 15 is 0 Å².